The van der Waals surface area contributed by atoms with E-state index in [0.29, 0.717) is 31.8 Å². The number of aromatic nitrogens is 3. The fourth-order valence-electron chi connectivity index (χ4n) is 3.89. The molecule has 2 fully saturated rings. The van der Waals surface area contributed by atoms with Crippen molar-refractivity contribution >= 4 is 15.9 Å². The largest absolute Gasteiger partial charge is 0.487 e. The molecule has 9 nitrogen and oxygen atoms in total. The zero-order valence-corrected chi connectivity index (χ0v) is 17.2. The second-order valence-electron chi connectivity index (χ2n) is 7.32. The van der Waals surface area contributed by atoms with Gasteiger partial charge < -0.3 is 9.64 Å². The van der Waals surface area contributed by atoms with Crippen LogP contribution in [-0.4, -0.2) is 70.1 Å². The van der Waals surface area contributed by atoms with Gasteiger partial charge in [0.1, 0.15) is 22.8 Å². The molecule has 0 aromatic carbocycles. The van der Waals surface area contributed by atoms with Crippen LogP contribution < -0.4 is 4.74 Å². The molecule has 2 aliphatic heterocycles. The van der Waals surface area contributed by atoms with Crippen molar-refractivity contribution in [3.05, 3.63) is 36.9 Å². The molecule has 4 rings (SSSR count). The molecular formula is C19H25N5O4S. The van der Waals surface area contributed by atoms with Crippen LogP contribution in [-0.2, 0) is 21.4 Å². The molecule has 156 valence electrons. The van der Waals surface area contributed by atoms with Gasteiger partial charge in [-0.1, -0.05) is 0 Å². The Morgan fingerprint density at radius 1 is 1.28 bits per heavy atom. The zero-order valence-electron chi connectivity index (χ0n) is 16.3. The third-order valence-corrected chi connectivity index (χ3v) is 7.22. The summed E-state index contributed by atoms with van der Waals surface area (Å²) in [5.74, 6) is 0.411. The van der Waals surface area contributed by atoms with Gasteiger partial charge in [0.05, 0.1) is 18.9 Å². The molecule has 2 aliphatic rings. The number of pyridine rings is 1. The Balaban J connectivity index is 1.61. The van der Waals surface area contributed by atoms with Crippen LogP contribution in [0.2, 0.25) is 0 Å². The number of amides is 1. The van der Waals surface area contributed by atoms with Gasteiger partial charge in [-0.3, -0.25) is 14.5 Å². The van der Waals surface area contributed by atoms with Gasteiger partial charge in [-0.05, 0) is 31.9 Å². The molecule has 0 N–H and O–H groups in total. The molecule has 29 heavy (non-hydrogen) atoms. The van der Waals surface area contributed by atoms with Crippen molar-refractivity contribution in [2.24, 2.45) is 0 Å². The highest BCUT2D eigenvalue weighted by Gasteiger charge is 2.46. The Hall–Kier alpha value is -2.46. The van der Waals surface area contributed by atoms with E-state index in [0.717, 1.165) is 12.8 Å². The summed E-state index contributed by atoms with van der Waals surface area (Å²) in [6.07, 6.45) is 7.85. The fourth-order valence-corrected chi connectivity index (χ4v) is 5.47. The van der Waals surface area contributed by atoms with Gasteiger partial charge in [0.25, 0.3) is 0 Å². The van der Waals surface area contributed by atoms with Crippen molar-refractivity contribution in [1.29, 1.82) is 0 Å². The van der Waals surface area contributed by atoms with Gasteiger partial charge in [0, 0.05) is 38.4 Å². The van der Waals surface area contributed by atoms with Crippen molar-refractivity contribution in [2.45, 2.75) is 49.8 Å². The molecule has 0 saturated carbocycles. The van der Waals surface area contributed by atoms with Crippen molar-refractivity contribution in [3.8, 4) is 5.75 Å². The standard InChI is InChI=1S/C19H25N5O4S/c1-2-23-14-17(12-21-23)29(26,27)24-13-16(28-15-6-5-7-20-11-15)10-18(24)19(25)22-8-3-4-9-22/h5-7,11-12,14,16,18H,2-4,8-10,13H2,1H3/t16-,18-/m0/s1. The SMILES string of the molecule is CCn1cc(S(=O)(=O)N2C[C@@H](Oc3cccnc3)C[C@H]2C(=O)N2CCCC2)cn1. The van der Waals surface area contributed by atoms with E-state index in [2.05, 4.69) is 10.1 Å². The first kappa shape index (κ1) is 19.8. The first-order valence-electron chi connectivity index (χ1n) is 9.89. The number of carbonyl (C=O) groups excluding carboxylic acids is 1. The predicted molar refractivity (Wildman–Crippen MR) is 105 cm³/mol. The van der Waals surface area contributed by atoms with E-state index >= 15 is 0 Å². The first-order chi connectivity index (χ1) is 14.0. The van der Waals surface area contributed by atoms with Crippen LogP contribution in [0.1, 0.15) is 26.2 Å². The monoisotopic (exact) mass is 419 g/mol. The van der Waals surface area contributed by atoms with E-state index < -0.39 is 22.2 Å². The maximum Gasteiger partial charge on any atom is 0.247 e. The van der Waals surface area contributed by atoms with Gasteiger partial charge in [-0.25, -0.2) is 8.42 Å². The summed E-state index contributed by atoms with van der Waals surface area (Å²) in [5, 5.41) is 4.08. The van der Waals surface area contributed by atoms with Crippen LogP contribution in [0.5, 0.6) is 5.75 Å². The molecule has 0 aliphatic carbocycles. The predicted octanol–water partition coefficient (Wildman–Crippen LogP) is 1.13. The maximum absolute atomic E-state index is 13.3. The lowest BCUT2D eigenvalue weighted by Crippen LogP contribution is -2.46. The third-order valence-electron chi connectivity index (χ3n) is 5.40. The van der Waals surface area contributed by atoms with Crippen molar-refractivity contribution in [2.75, 3.05) is 19.6 Å². The van der Waals surface area contributed by atoms with E-state index in [1.54, 1.807) is 34.1 Å². The lowest BCUT2D eigenvalue weighted by atomic mass is 10.2. The summed E-state index contributed by atoms with van der Waals surface area (Å²) in [4.78, 5) is 19.0. The third kappa shape index (κ3) is 3.99. The quantitative estimate of drug-likeness (QED) is 0.696. The molecule has 0 unspecified atom stereocenters. The van der Waals surface area contributed by atoms with E-state index in [9.17, 15) is 13.2 Å². The number of rotatable bonds is 6. The number of carbonyl (C=O) groups is 1. The molecule has 0 bridgehead atoms. The second kappa shape index (κ2) is 8.11. The number of aryl methyl sites for hydroxylation is 1. The zero-order chi connectivity index (χ0) is 20.4. The average molecular weight is 420 g/mol. The number of hydrogen-bond donors (Lipinski definition) is 0. The van der Waals surface area contributed by atoms with Crippen LogP contribution in [0.4, 0.5) is 0 Å². The average Bonchev–Trinajstić information content (AvgIpc) is 3.48. The van der Waals surface area contributed by atoms with Crippen molar-refractivity contribution < 1.29 is 17.9 Å². The van der Waals surface area contributed by atoms with E-state index in [4.69, 9.17) is 4.74 Å². The van der Waals surface area contributed by atoms with Crippen molar-refractivity contribution in [1.82, 2.24) is 24.0 Å². The van der Waals surface area contributed by atoms with Crippen molar-refractivity contribution in [3.63, 3.8) is 0 Å². The summed E-state index contributed by atoms with van der Waals surface area (Å²) in [6, 6.07) is 2.75. The minimum atomic E-state index is -3.87. The van der Waals surface area contributed by atoms with Crippen LogP contribution in [0.15, 0.2) is 41.8 Å². The Kier molecular flexibility index (Phi) is 5.55. The molecule has 2 aromatic heterocycles. The van der Waals surface area contributed by atoms with E-state index in [-0.39, 0.29) is 17.3 Å². The maximum atomic E-state index is 13.3. The minimum absolute atomic E-state index is 0.0978. The summed E-state index contributed by atoms with van der Waals surface area (Å²) >= 11 is 0. The summed E-state index contributed by atoms with van der Waals surface area (Å²) in [7, 11) is -3.87. The molecule has 2 saturated heterocycles. The molecular weight excluding hydrogens is 394 g/mol. The Labute approximate surface area is 170 Å². The molecule has 4 heterocycles. The van der Waals surface area contributed by atoms with E-state index in [1.165, 1.54) is 16.7 Å². The number of hydrogen-bond acceptors (Lipinski definition) is 6. The molecule has 10 heteroatoms. The molecule has 0 radical (unpaired) electrons. The van der Waals surface area contributed by atoms with Gasteiger partial charge in [-0.15, -0.1) is 0 Å². The van der Waals surface area contributed by atoms with E-state index in [1.807, 2.05) is 6.92 Å². The summed E-state index contributed by atoms with van der Waals surface area (Å²) < 4.78 is 35.4. The summed E-state index contributed by atoms with van der Waals surface area (Å²) in [5.41, 5.74) is 0. The van der Waals surface area contributed by atoms with Crippen LogP contribution in [0.25, 0.3) is 0 Å². The van der Waals surface area contributed by atoms with Crippen LogP contribution >= 0.6 is 0 Å². The lowest BCUT2D eigenvalue weighted by molar-refractivity contribution is -0.133. The Morgan fingerprint density at radius 3 is 2.72 bits per heavy atom. The highest BCUT2D eigenvalue weighted by Crippen LogP contribution is 2.30. The molecule has 1 amide bonds. The fraction of sp³-hybridized carbons (Fsp3) is 0.526. The normalized spacial score (nSPS) is 22.9. The lowest BCUT2D eigenvalue weighted by Gasteiger charge is -2.26. The highest BCUT2D eigenvalue weighted by atomic mass is 32.2. The topological polar surface area (TPSA) is 97.6 Å². The van der Waals surface area contributed by atoms with Crippen LogP contribution in [0.3, 0.4) is 0 Å². The minimum Gasteiger partial charge on any atom is -0.487 e. The number of likely N-dealkylation sites (tertiary alicyclic amines) is 1. The highest BCUT2D eigenvalue weighted by molar-refractivity contribution is 7.89. The Morgan fingerprint density at radius 2 is 2.07 bits per heavy atom. The van der Waals surface area contributed by atoms with Gasteiger partial charge in [-0.2, -0.15) is 9.40 Å². The van der Waals surface area contributed by atoms with Gasteiger partial charge in [0.15, 0.2) is 0 Å². The van der Waals surface area contributed by atoms with Crippen LogP contribution in [0, 0.1) is 0 Å². The Bertz CT molecular complexity index is 956. The number of nitrogens with zero attached hydrogens (tertiary/aromatic N) is 5. The number of ether oxygens (including phenoxy) is 1. The smallest absolute Gasteiger partial charge is 0.247 e. The summed E-state index contributed by atoms with van der Waals surface area (Å²) in [6.45, 7) is 3.91. The van der Waals surface area contributed by atoms with Gasteiger partial charge in [0.2, 0.25) is 15.9 Å². The molecule has 2 aromatic rings. The molecule has 2 atom stereocenters. The van der Waals surface area contributed by atoms with Gasteiger partial charge >= 0.3 is 0 Å². The second-order valence-corrected chi connectivity index (χ2v) is 9.21. The number of sulfonamides is 1. The molecule has 0 spiro atoms. The first-order valence-corrected chi connectivity index (χ1v) is 11.3.